The van der Waals surface area contributed by atoms with Gasteiger partial charge in [0.25, 0.3) is 0 Å². The van der Waals surface area contributed by atoms with Crippen molar-refractivity contribution in [1.82, 2.24) is 9.97 Å². The summed E-state index contributed by atoms with van der Waals surface area (Å²) in [4.78, 5) is 10.7. The van der Waals surface area contributed by atoms with Gasteiger partial charge in [-0.1, -0.05) is 121 Å². The van der Waals surface area contributed by atoms with E-state index in [1.54, 1.807) is 0 Å². The number of rotatable bonds is 6. The van der Waals surface area contributed by atoms with E-state index in [4.69, 9.17) is 9.97 Å². The largest absolute Gasteiger partial charge is 0.228 e. The zero-order valence-electron chi connectivity index (χ0n) is 30.2. The lowest BCUT2D eigenvalue weighted by Crippen LogP contribution is -1.97. The van der Waals surface area contributed by atoms with Crippen molar-refractivity contribution in [1.29, 1.82) is 0 Å². The first-order valence-electron chi connectivity index (χ1n) is 18.8. The van der Waals surface area contributed by atoms with E-state index in [9.17, 15) is 0 Å². The molecule has 0 saturated heterocycles. The normalized spacial score (nSPS) is 11.6. The maximum absolute atomic E-state index is 5.40. The highest BCUT2D eigenvalue weighted by atomic mass is 32.1. The fourth-order valence-electron chi connectivity index (χ4n) is 7.87. The molecule has 0 bridgehead atoms. The van der Waals surface area contributed by atoms with Crippen molar-refractivity contribution >= 4 is 63.0 Å². The van der Waals surface area contributed by atoms with Gasteiger partial charge in [0, 0.05) is 57.0 Å². The number of thiophene rings is 2. The van der Waals surface area contributed by atoms with Crippen LogP contribution in [0.4, 0.5) is 0 Å². The lowest BCUT2D eigenvalue weighted by molar-refractivity contribution is 1.18. The highest BCUT2D eigenvalue weighted by Gasteiger charge is 2.16. The van der Waals surface area contributed by atoms with Gasteiger partial charge < -0.3 is 0 Å². The molecule has 3 aromatic heterocycles. The summed E-state index contributed by atoms with van der Waals surface area (Å²) in [7, 11) is 0. The molecule has 0 amide bonds. The Hall–Kier alpha value is -6.72. The van der Waals surface area contributed by atoms with E-state index >= 15 is 0 Å². The van der Waals surface area contributed by atoms with Gasteiger partial charge in [0.1, 0.15) is 0 Å². The Kier molecular flexibility index (Phi) is 7.90. The first-order valence-corrected chi connectivity index (χ1v) is 20.4. The minimum absolute atomic E-state index is 0.706. The predicted octanol–water partition coefficient (Wildman–Crippen LogP) is 15.2. The molecule has 0 N–H and O–H groups in total. The van der Waals surface area contributed by atoms with Crippen molar-refractivity contribution in [3.05, 3.63) is 194 Å². The van der Waals surface area contributed by atoms with Crippen LogP contribution >= 0.6 is 22.7 Å². The van der Waals surface area contributed by atoms with Gasteiger partial charge in [-0.3, -0.25) is 0 Å². The Morgan fingerprint density at radius 3 is 1.34 bits per heavy atom. The second kappa shape index (κ2) is 13.5. The Morgan fingerprint density at radius 1 is 0.250 bits per heavy atom. The Morgan fingerprint density at radius 2 is 0.679 bits per heavy atom. The van der Waals surface area contributed by atoms with E-state index in [0.29, 0.717) is 5.82 Å². The van der Waals surface area contributed by atoms with Crippen molar-refractivity contribution in [2.45, 2.75) is 0 Å². The van der Waals surface area contributed by atoms with Crippen LogP contribution in [0.5, 0.6) is 0 Å². The van der Waals surface area contributed by atoms with Crippen LogP contribution in [-0.2, 0) is 0 Å². The van der Waals surface area contributed by atoms with Crippen LogP contribution in [0, 0.1) is 0 Å². The van der Waals surface area contributed by atoms with Gasteiger partial charge in [-0.05, 0) is 106 Å². The minimum atomic E-state index is 0.706. The fraction of sp³-hybridized carbons (Fsp3) is 0. The highest BCUT2D eigenvalue weighted by molar-refractivity contribution is 7.26. The number of hydrogen-bond donors (Lipinski definition) is 0. The molecule has 0 atom stereocenters. The molecule has 0 unspecified atom stereocenters. The molecule has 0 aliphatic carbocycles. The maximum atomic E-state index is 5.40. The second-order valence-electron chi connectivity index (χ2n) is 14.2. The Balaban J connectivity index is 1.13. The summed E-state index contributed by atoms with van der Waals surface area (Å²) >= 11 is 3.67. The molecule has 0 aliphatic rings. The van der Waals surface area contributed by atoms with Gasteiger partial charge in [-0.2, -0.15) is 0 Å². The molecule has 262 valence electrons. The number of hydrogen-bond acceptors (Lipinski definition) is 4. The van der Waals surface area contributed by atoms with Gasteiger partial charge in [-0.15, -0.1) is 22.7 Å². The highest BCUT2D eigenvalue weighted by Crippen LogP contribution is 2.40. The van der Waals surface area contributed by atoms with Crippen molar-refractivity contribution < 1.29 is 0 Å². The Labute approximate surface area is 332 Å². The van der Waals surface area contributed by atoms with E-state index in [1.165, 1.54) is 51.5 Å². The summed E-state index contributed by atoms with van der Waals surface area (Å²) in [5.41, 5.74) is 11.8. The van der Waals surface area contributed by atoms with Crippen LogP contribution in [-0.4, -0.2) is 9.97 Å². The minimum Gasteiger partial charge on any atom is -0.228 e. The first kappa shape index (κ1) is 32.7. The summed E-state index contributed by atoms with van der Waals surface area (Å²) in [6.07, 6.45) is 0. The summed E-state index contributed by atoms with van der Waals surface area (Å²) < 4.78 is 5.15. The number of aromatic nitrogens is 2. The lowest BCUT2D eigenvalue weighted by Gasteiger charge is -2.14. The van der Waals surface area contributed by atoms with Gasteiger partial charge in [0.15, 0.2) is 5.82 Å². The fourth-order valence-corrected chi connectivity index (χ4v) is 10.0. The molecule has 3 heterocycles. The van der Waals surface area contributed by atoms with Gasteiger partial charge >= 0.3 is 0 Å². The summed E-state index contributed by atoms with van der Waals surface area (Å²) in [6, 6.07) is 69.8. The van der Waals surface area contributed by atoms with E-state index in [-0.39, 0.29) is 0 Å². The molecule has 0 radical (unpaired) electrons. The van der Waals surface area contributed by atoms with Crippen LogP contribution in [0.15, 0.2) is 194 Å². The molecule has 0 fully saturated rings. The average molecular weight is 749 g/mol. The average Bonchev–Trinajstić information content (AvgIpc) is 3.84. The van der Waals surface area contributed by atoms with E-state index in [2.05, 4.69) is 194 Å². The van der Waals surface area contributed by atoms with Crippen LogP contribution in [0.25, 0.3) is 108 Å². The summed E-state index contributed by atoms with van der Waals surface area (Å²) in [5.74, 6) is 0.706. The predicted molar refractivity (Wildman–Crippen MR) is 240 cm³/mol. The molecule has 2 nitrogen and oxygen atoms in total. The summed E-state index contributed by atoms with van der Waals surface area (Å²) in [5, 5.41) is 5.08. The molecule has 11 aromatic rings. The first-order chi connectivity index (χ1) is 27.7. The third kappa shape index (κ3) is 5.88. The van der Waals surface area contributed by atoms with E-state index in [1.807, 2.05) is 22.7 Å². The van der Waals surface area contributed by atoms with Crippen molar-refractivity contribution in [2.75, 3.05) is 0 Å². The zero-order valence-corrected chi connectivity index (χ0v) is 31.8. The molecule has 4 heteroatoms. The van der Waals surface area contributed by atoms with E-state index < -0.39 is 0 Å². The monoisotopic (exact) mass is 748 g/mol. The van der Waals surface area contributed by atoms with Crippen molar-refractivity contribution in [2.24, 2.45) is 0 Å². The van der Waals surface area contributed by atoms with Crippen LogP contribution in [0.2, 0.25) is 0 Å². The Bertz CT molecular complexity index is 3250. The zero-order chi connectivity index (χ0) is 37.0. The SMILES string of the molecule is c1ccc(-c2cccc(-c3cc(-c4cc(-c5ccccc5)cc(-c5ccc6sc7ccccc7c6c5)c4)nc(-c4ccc5sc6ccccc6c5c4)n3)c2)cc1. The van der Waals surface area contributed by atoms with Gasteiger partial charge in [-0.25, -0.2) is 9.97 Å². The third-order valence-corrected chi connectivity index (χ3v) is 13.0. The van der Waals surface area contributed by atoms with Crippen LogP contribution in [0.3, 0.4) is 0 Å². The topological polar surface area (TPSA) is 25.8 Å². The quantitative estimate of drug-likeness (QED) is 0.169. The second-order valence-corrected chi connectivity index (χ2v) is 16.4. The third-order valence-electron chi connectivity index (χ3n) is 10.7. The van der Waals surface area contributed by atoms with Crippen LogP contribution in [0.1, 0.15) is 0 Å². The van der Waals surface area contributed by atoms with Gasteiger partial charge in [0.05, 0.1) is 11.4 Å². The number of benzene rings is 8. The lowest BCUT2D eigenvalue weighted by atomic mass is 9.93. The standard InChI is InChI=1S/C52H32N2S2/c1-3-12-33(13-4-1)35-16-11-17-37(26-35)46-32-47(54-52(53-46)38-23-25-51-45(31-38)43-19-8-10-21-49(43)56-51)41-28-39(34-14-5-2-6-15-34)27-40(29-41)36-22-24-50-44(30-36)42-18-7-9-20-48(42)55-50/h1-32H. The molecular formula is C52H32N2S2. The molecule has 56 heavy (non-hydrogen) atoms. The summed E-state index contributed by atoms with van der Waals surface area (Å²) in [6.45, 7) is 0. The molecule has 8 aromatic carbocycles. The smallest absolute Gasteiger partial charge is 0.160 e. The molecular weight excluding hydrogens is 717 g/mol. The van der Waals surface area contributed by atoms with Crippen molar-refractivity contribution in [3.63, 3.8) is 0 Å². The van der Waals surface area contributed by atoms with E-state index in [0.717, 1.165) is 50.3 Å². The molecule has 0 saturated carbocycles. The molecule has 0 spiro atoms. The van der Waals surface area contributed by atoms with Gasteiger partial charge in [0.2, 0.25) is 0 Å². The molecule has 11 rings (SSSR count). The molecule has 0 aliphatic heterocycles. The number of fused-ring (bicyclic) bond motifs is 6. The van der Waals surface area contributed by atoms with Crippen molar-refractivity contribution in [3.8, 4) is 67.3 Å². The maximum Gasteiger partial charge on any atom is 0.160 e. The number of nitrogens with zero attached hydrogens (tertiary/aromatic N) is 2. The van der Waals surface area contributed by atoms with Crippen LogP contribution < -0.4 is 0 Å².